The van der Waals surface area contributed by atoms with Gasteiger partial charge in [-0.2, -0.15) is 0 Å². The number of allylic oxidation sites excluding steroid dienone is 1. The molecule has 6 N–H and O–H groups in total. The van der Waals surface area contributed by atoms with E-state index < -0.39 is 8.07 Å². The minimum absolute atomic E-state index is 0. The molecular formula is C49H84O3Si. The molecule has 4 saturated carbocycles. The van der Waals surface area contributed by atoms with E-state index >= 15 is 0 Å². The summed E-state index contributed by atoms with van der Waals surface area (Å²) in [6.07, 6.45) is 33.0. The highest BCUT2D eigenvalue weighted by Crippen LogP contribution is 2.46. The van der Waals surface area contributed by atoms with Gasteiger partial charge in [-0.05, 0) is 162 Å². The maximum Gasteiger partial charge on any atom is 0.0442 e. The highest BCUT2D eigenvalue weighted by molar-refractivity contribution is 6.76. The minimum Gasteiger partial charge on any atom is -0.412 e. The van der Waals surface area contributed by atoms with E-state index in [0.717, 1.165) is 47.3 Å². The molecule has 6 rings (SSSR count). The van der Waals surface area contributed by atoms with E-state index in [-0.39, 0.29) is 16.4 Å². The summed E-state index contributed by atoms with van der Waals surface area (Å²) in [5.74, 6) is 7.88. The molecule has 0 spiro atoms. The first-order chi connectivity index (χ1) is 24.2. The highest BCUT2D eigenvalue weighted by Gasteiger charge is 2.32. The molecule has 53 heavy (non-hydrogen) atoms. The van der Waals surface area contributed by atoms with E-state index in [1.54, 1.807) is 24.0 Å². The normalized spacial score (nSPS) is 28.8. The molecular weight excluding hydrogens is 665 g/mol. The van der Waals surface area contributed by atoms with Crippen LogP contribution in [0.4, 0.5) is 0 Å². The quantitative estimate of drug-likeness (QED) is 0.117. The summed E-state index contributed by atoms with van der Waals surface area (Å²) in [7, 11) is -0.811. The Kier molecular flexibility index (Phi) is 21.5. The lowest BCUT2D eigenvalue weighted by Crippen LogP contribution is -2.25. The molecule has 0 bridgehead atoms. The van der Waals surface area contributed by atoms with Gasteiger partial charge in [-0.1, -0.05) is 136 Å². The average molecular weight is 749 g/mol. The van der Waals surface area contributed by atoms with Crippen molar-refractivity contribution in [3.8, 4) is 0 Å². The Labute approximate surface area is 328 Å². The molecule has 0 heterocycles. The van der Waals surface area contributed by atoms with E-state index in [0.29, 0.717) is 0 Å². The van der Waals surface area contributed by atoms with E-state index in [2.05, 4.69) is 94.7 Å². The third-order valence-electron chi connectivity index (χ3n) is 14.3. The largest absolute Gasteiger partial charge is 0.412 e. The lowest BCUT2D eigenvalue weighted by molar-refractivity contribution is 0.156. The molecule has 0 aliphatic heterocycles. The summed E-state index contributed by atoms with van der Waals surface area (Å²) in [6.45, 7) is 15.8. The Morgan fingerprint density at radius 3 is 1.17 bits per heavy atom. The van der Waals surface area contributed by atoms with Crippen molar-refractivity contribution in [2.24, 2.45) is 35.5 Å². The van der Waals surface area contributed by atoms with E-state index in [9.17, 15) is 0 Å². The predicted molar refractivity (Wildman–Crippen MR) is 235 cm³/mol. The molecule has 0 amide bonds. The van der Waals surface area contributed by atoms with Crippen LogP contribution in [-0.4, -0.2) is 24.5 Å². The van der Waals surface area contributed by atoms with Crippen molar-refractivity contribution < 1.29 is 16.4 Å². The molecule has 2 aromatic carbocycles. The number of aryl methyl sites for hydroxylation is 2. The summed E-state index contributed by atoms with van der Waals surface area (Å²) in [5, 5.41) is 0. The zero-order valence-electron chi connectivity index (χ0n) is 35.1. The smallest absolute Gasteiger partial charge is 0.0442 e. The molecule has 0 atom stereocenters. The molecule has 0 saturated heterocycles. The average Bonchev–Trinajstić information content (AvgIpc) is 3.14. The van der Waals surface area contributed by atoms with Crippen molar-refractivity contribution in [2.75, 3.05) is 0 Å². The lowest BCUT2D eigenvalue weighted by atomic mass is 9.68. The molecule has 0 radical (unpaired) electrons. The molecule has 3 nitrogen and oxygen atoms in total. The van der Waals surface area contributed by atoms with Crippen molar-refractivity contribution in [3.63, 3.8) is 0 Å². The zero-order valence-corrected chi connectivity index (χ0v) is 36.1. The minimum atomic E-state index is -0.811. The van der Waals surface area contributed by atoms with Gasteiger partial charge in [0.05, 0.1) is 0 Å². The molecule has 4 aliphatic carbocycles. The predicted octanol–water partition coefficient (Wildman–Crippen LogP) is 13.2. The first kappa shape index (κ1) is 47.4. The lowest BCUT2D eigenvalue weighted by Gasteiger charge is -2.38. The van der Waals surface area contributed by atoms with Crippen LogP contribution in [0.25, 0.3) is 0 Å². The summed E-state index contributed by atoms with van der Waals surface area (Å²) < 4.78 is 0. The fourth-order valence-electron chi connectivity index (χ4n) is 10.9. The molecule has 0 unspecified atom stereocenters. The van der Waals surface area contributed by atoms with Gasteiger partial charge in [-0.3, -0.25) is 0 Å². The molecule has 4 heteroatoms. The molecule has 4 aliphatic rings. The number of hydrogen-bond acceptors (Lipinski definition) is 0. The molecule has 4 fully saturated rings. The van der Waals surface area contributed by atoms with Crippen LogP contribution in [0.3, 0.4) is 0 Å². The van der Waals surface area contributed by atoms with Gasteiger partial charge in [0.25, 0.3) is 0 Å². The van der Waals surface area contributed by atoms with Gasteiger partial charge in [0.15, 0.2) is 0 Å². The third-order valence-corrected chi connectivity index (χ3v) is 16.2. The second-order valence-corrected chi connectivity index (χ2v) is 24.9. The monoisotopic (exact) mass is 749 g/mol. The molecule has 302 valence electrons. The maximum absolute atomic E-state index is 3.87. The maximum atomic E-state index is 3.87. The van der Waals surface area contributed by atoms with Crippen LogP contribution >= 0.6 is 0 Å². The first-order valence-corrected chi connectivity index (χ1v) is 25.6. The van der Waals surface area contributed by atoms with Crippen molar-refractivity contribution in [1.29, 1.82) is 0 Å². The molecule has 2 aromatic rings. The van der Waals surface area contributed by atoms with E-state index in [4.69, 9.17) is 0 Å². The Hall–Kier alpha value is -1.72. The Morgan fingerprint density at radius 1 is 0.491 bits per heavy atom. The highest BCUT2D eigenvalue weighted by atomic mass is 28.3. The SMILES string of the molecule is C=CCCC1CCC(C2CCC(c3ccc(C)cc3)CC2)CC1.Cc1ccc(C2CCC(C3CCC(CCCC[Si](C)(C)C)CC3)CC2)cc1.O.O.O. The zero-order chi connectivity index (χ0) is 35.3. The topological polar surface area (TPSA) is 94.5 Å². The van der Waals surface area contributed by atoms with Crippen molar-refractivity contribution in [2.45, 2.75) is 186 Å². The van der Waals surface area contributed by atoms with Crippen LogP contribution in [0.5, 0.6) is 0 Å². The van der Waals surface area contributed by atoms with Crippen LogP contribution in [0, 0.1) is 49.4 Å². The van der Waals surface area contributed by atoms with Crippen molar-refractivity contribution in [3.05, 3.63) is 83.4 Å². The Balaban J connectivity index is 0.000000351. The van der Waals surface area contributed by atoms with Gasteiger partial charge >= 0.3 is 0 Å². The fourth-order valence-corrected chi connectivity index (χ4v) is 12.2. The van der Waals surface area contributed by atoms with Crippen LogP contribution < -0.4 is 0 Å². The van der Waals surface area contributed by atoms with Crippen molar-refractivity contribution in [1.82, 2.24) is 0 Å². The van der Waals surface area contributed by atoms with E-state index in [1.807, 2.05) is 0 Å². The van der Waals surface area contributed by atoms with Crippen LogP contribution in [0.15, 0.2) is 61.2 Å². The Morgan fingerprint density at radius 2 is 0.830 bits per heavy atom. The number of rotatable bonds is 12. The molecule has 0 aromatic heterocycles. The number of hydrogen-bond donors (Lipinski definition) is 0. The standard InChI is InChI=1S/C26H44Si.C23H34.3H2O/c1-21-8-12-23(13-9-21)25-16-18-26(19-17-25)24-14-10-22(11-15-24)7-5-6-20-27(2,3)4;1-3-4-5-19-8-12-21(13-9-19)23-16-14-22(15-17-23)20-10-6-18(2)7-11-20;;;/h8-9,12-13,22,24-26H,5-7,10-11,14-20H2,1-4H3;3,6-7,10-11,19,21-23H,1,4-5,8-9,12-17H2,2H3;3*1H2. The van der Waals surface area contributed by atoms with Crippen molar-refractivity contribution >= 4 is 8.07 Å². The Bertz CT molecular complexity index is 1220. The summed E-state index contributed by atoms with van der Waals surface area (Å²) >= 11 is 0. The van der Waals surface area contributed by atoms with Crippen LogP contribution in [-0.2, 0) is 0 Å². The second-order valence-electron chi connectivity index (χ2n) is 19.3. The summed E-state index contributed by atoms with van der Waals surface area (Å²) in [6, 6.07) is 20.2. The summed E-state index contributed by atoms with van der Waals surface area (Å²) in [5.41, 5.74) is 5.96. The van der Waals surface area contributed by atoms with Gasteiger partial charge in [-0.25, -0.2) is 0 Å². The first-order valence-electron chi connectivity index (χ1n) is 21.9. The van der Waals surface area contributed by atoms with Gasteiger partial charge in [0.2, 0.25) is 0 Å². The fraction of sp³-hybridized carbons (Fsp3) is 0.714. The van der Waals surface area contributed by atoms with Crippen LogP contribution in [0.2, 0.25) is 25.7 Å². The summed E-state index contributed by atoms with van der Waals surface area (Å²) in [4.78, 5) is 0. The van der Waals surface area contributed by atoms with Crippen LogP contribution in [0.1, 0.15) is 169 Å². The van der Waals surface area contributed by atoms with Gasteiger partial charge in [0, 0.05) is 8.07 Å². The number of unbranched alkanes of at least 4 members (excludes halogenated alkanes) is 1. The van der Waals surface area contributed by atoms with Gasteiger partial charge in [0.1, 0.15) is 0 Å². The number of benzene rings is 2. The van der Waals surface area contributed by atoms with Gasteiger partial charge < -0.3 is 16.4 Å². The third kappa shape index (κ3) is 15.7. The second kappa shape index (κ2) is 24.0. The van der Waals surface area contributed by atoms with E-state index in [1.165, 1.54) is 139 Å². The van der Waals surface area contributed by atoms with Gasteiger partial charge in [-0.15, -0.1) is 6.58 Å².